The predicted octanol–water partition coefficient (Wildman–Crippen LogP) is 4.57. The van der Waals surface area contributed by atoms with Gasteiger partial charge in [0.2, 0.25) is 5.91 Å². The van der Waals surface area contributed by atoms with Gasteiger partial charge in [0, 0.05) is 27.9 Å². The molecule has 0 fully saturated rings. The van der Waals surface area contributed by atoms with Gasteiger partial charge in [-0.2, -0.15) is 0 Å². The number of aromatic nitrogens is 3. The topological polar surface area (TPSA) is 122 Å². The molecule has 4 aromatic rings. The molecular weight excluding hydrogens is 482 g/mol. The van der Waals surface area contributed by atoms with E-state index in [1.807, 2.05) is 41.8 Å². The van der Waals surface area contributed by atoms with Crippen LogP contribution >= 0.6 is 11.6 Å². The molecule has 1 aliphatic rings. The van der Waals surface area contributed by atoms with Crippen molar-refractivity contribution in [2.75, 3.05) is 12.4 Å². The van der Waals surface area contributed by atoms with Crippen LogP contribution in [0.4, 0.5) is 5.69 Å². The number of hydrogen-bond acceptors (Lipinski definition) is 7. The second kappa shape index (κ2) is 9.35. The first-order valence-corrected chi connectivity index (χ1v) is 11.5. The Labute approximate surface area is 211 Å². The van der Waals surface area contributed by atoms with E-state index in [2.05, 4.69) is 15.5 Å². The van der Waals surface area contributed by atoms with E-state index in [1.54, 1.807) is 19.2 Å². The highest BCUT2D eigenvalue weighted by atomic mass is 35.5. The number of aliphatic imine (C=N–C) groups is 1. The molecule has 1 amide bonds. The lowest BCUT2D eigenvalue weighted by atomic mass is 10.00. The van der Waals surface area contributed by atoms with Crippen molar-refractivity contribution in [3.63, 3.8) is 0 Å². The van der Waals surface area contributed by atoms with Crippen LogP contribution in [0.1, 0.15) is 35.2 Å². The van der Waals surface area contributed by atoms with Gasteiger partial charge in [-0.3, -0.25) is 14.4 Å². The summed E-state index contributed by atoms with van der Waals surface area (Å²) in [4.78, 5) is 18.1. The van der Waals surface area contributed by atoms with E-state index in [0.29, 0.717) is 33.8 Å². The Morgan fingerprint density at radius 2 is 1.83 bits per heavy atom. The van der Waals surface area contributed by atoms with Gasteiger partial charge in [0.15, 0.2) is 17.3 Å². The van der Waals surface area contributed by atoms with Crippen LogP contribution in [-0.4, -0.2) is 43.7 Å². The number of carbonyl (C=O) groups excluding carboxylic acids is 1. The first-order valence-electron chi connectivity index (χ1n) is 11.1. The first-order chi connectivity index (χ1) is 17.3. The maximum atomic E-state index is 13.0. The van der Waals surface area contributed by atoms with Crippen LogP contribution < -0.4 is 10.1 Å². The number of anilines is 1. The Hall–Kier alpha value is -4.37. The number of nitrogens with zero attached hydrogens (tertiary/aromatic N) is 4. The minimum absolute atomic E-state index is 0.0397. The molecule has 0 bridgehead atoms. The summed E-state index contributed by atoms with van der Waals surface area (Å²) >= 11 is 6.13. The maximum absolute atomic E-state index is 13.0. The zero-order valence-corrected chi connectivity index (χ0v) is 20.2. The summed E-state index contributed by atoms with van der Waals surface area (Å²) in [6.45, 7) is 1.84. The Morgan fingerprint density at radius 3 is 2.56 bits per heavy atom. The van der Waals surface area contributed by atoms with Gasteiger partial charge in [-0.05, 0) is 49.4 Å². The van der Waals surface area contributed by atoms with Gasteiger partial charge in [-0.1, -0.05) is 23.7 Å². The summed E-state index contributed by atoms with van der Waals surface area (Å²) in [5, 5.41) is 31.3. The molecule has 3 aromatic carbocycles. The minimum Gasteiger partial charge on any atom is -0.504 e. The summed E-state index contributed by atoms with van der Waals surface area (Å²) < 4.78 is 7.38. The Morgan fingerprint density at radius 1 is 1.06 bits per heavy atom. The standard InChI is InChI=1S/C26H22ClN5O4/c1-14-30-31-26-20(13-24(35)28-17-7-10-22(33)23(34)11-17)29-25(15-3-5-16(27)6-4-15)19-12-18(36-2)8-9-21(19)32(14)26/h3-12,20,33-34H,13H2,1-2H3,(H,28,35)/t20-/m0/s1. The van der Waals surface area contributed by atoms with Crippen molar-refractivity contribution in [3.05, 3.63) is 88.5 Å². The molecule has 9 nitrogen and oxygen atoms in total. The molecule has 0 aliphatic carbocycles. The number of aryl methyl sites for hydroxylation is 1. The summed E-state index contributed by atoms with van der Waals surface area (Å²) in [6.07, 6.45) is -0.0397. The fourth-order valence-electron chi connectivity index (χ4n) is 4.17. The number of ether oxygens (including phenoxy) is 1. The largest absolute Gasteiger partial charge is 0.504 e. The van der Waals surface area contributed by atoms with E-state index >= 15 is 0 Å². The average Bonchev–Trinajstić information content (AvgIpc) is 3.19. The van der Waals surface area contributed by atoms with Crippen LogP contribution in [0.2, 0.25) is 5.02 Å². The molecule has 0 unspecified atom stereocenters. The van der Waals surface area contributed by atoms with Gasteiger partial charge in [0.25, 0.3) is 0 Å². The Bertz CT molecular complexity index is 1500. The normalized spacial score (nSPS) is 14.3. The molecule has 182 valence electrons. The smallest absolute Gasteiger partial charge is 0.227 e. The quantitative estimate of drug-likeness (QED) is 0.271. The number of nitrogens with one attached hydrogen (secondary N) is 1. The molecule has 1 aromatic heterocycles. The van der Waals surface area contributed by atoms with Crippen molar-refractivity contribution >= 4 is 28.9 Å². The van der Waals surface area contributed by atoms with Gasteiger partial charge in [-0.15, -0.1) is 10.2 Å². The second-order valence-corrected chi connectivity index (χ2v) is 8.72. The number of amides is 1. The van der Waals surface area contributed by atoms with Gasteiger partial charge < -0.3 is 20.3 Å². The predicted molar refractivity (Wildman–Crippen MR) is 135 cm³/mol. The lowest BCUT2D eigenvalue weighted by molar-refractivity contribution is -0.116. The zero-order chi connectivity index (χ0) is 25.4. The zero-order valence-electron chi connectivity index (χ0n) is 19.4. The highest BCUT2D eigenvalue weighted by Crippen LogP contribution is 2.35. The third-order valence-electron chi connectivity index (χ3n) is 5.89. The fraction of sp³-hybridized carbons (Fsp3) is 0.154. The number of benzene rings is 3. The third-order valence-corrected chi connectivity index (χ3v) is 6.14. The molecule has 0 radical (unpaired) electrons. The van der Waals surface area contributed by atoms with Crippen molar-refractivity contribution < 1.29 is 19.7 Å². The number of phenolic OH excluding ortho intramolecular Hbond substituents is 2. The highest BCUT2D eigenvalue weighted by Gasteiger charge is 2.30. The van der Waals surface area contributed by atoms with E-state index < -0.39 is 6.04 Å². The number of carbonyl (C=O) groups is 1. The van der Waals surface area contributed by atoms with E-state index in [0.717, 1.165) is 16.8 Å². The Kier molecular flexibility index (Phi) is 6.07. The van der Waals surface area contributed by atoms with Gasteiger partial charge in [0.1, 0.15) is 17.6 Å². The fourth-order valence-corrected chi connectivity index (χ4v) is 4.29. The van der Waals surface area contributed by atoms with Crippen LogP contribution in [0.15, 0.2) is 65.7 Å². The summed E-state index contributed by atoms with van der Waals surface area (Å²) in [5.41, 5.74) is 3.43. The molecule has 2 heterocycles. The second-order valence-electron chi connectivity index (χ2n) is 8.28. The number of hydrogen-bond donors (Lipinski definition) is 3. The molecule has 10 heteroatoms. The molecule has 36 heavy (non-hydrogen) atoms. The van der Waals surface area contributed by atoms with Crippen molar-refractivity contribution in [1.82, 2.24) is 14.8 Å². The molecule has 1 aliphatic heterocycles. The van der Waals surface area contributed by atoms with Crippen LogP contribution in [0.25, 0.3) is 5.69 Å². The van der Waals surface area contributed by atoms with Crippen LogP contribution in [0.3, 0.4) is 0 Å². The van der Waals surface area contributed by atoms with Crippen molar-refractivity contribution in [2.24, 2.45) is 4.99 Å². The summed E-state index contributed by atoms with van der Waals surface area (Å²) in [7, 11) is 1.60. The van der Waals surface area contributed by atoms with E-state index in [1.165, 1.54) is 18.2 Å². The SMILES string of the molecule is COc1ccc2c(c1)C(c1ccc(Cl)cc1)=N[C@@H](CC(=O)Nc1ccc(O)c(O)c1)c1nnc(C)n1-2. The van der Waals surface area contributed by atoms with E-state index in [4.69, 9.17) is 21.3 Å². The van der Waals surface area contributed by atoms with Gasteiger partial charge >= 0.3 is 0 Å². The number of rotatable bonds is 5. The molecule has 0 spiro atoms. The van der Waals surface area contributed by atoms with Crippen molar-refractivity contribution in [3.8, 4) is 22.9 Å². The first kappa shape index (κ1) is 23.4. The van der Waals surface area contributed by atoms with Crippen molar-refractivity contribution in [2.45, 2.75) is 19.4 Å². The lowest BCUT2D eigenvalue weighted by Crippen LogP contribution is -2.17. The number of phenols is 2. The van der Waals surface area contributed by atoms with Crippen LogP contribution in [0.5, 0.6) is 17.2 Å². The van der Waals surface area contributed by atoms with Crippen molar-refractivity contribution in [1.29, 1.82) is 0 Å². The summed E-state index contributed by atoms with van der Waals surface area (Å²) in [6, 6.07) is 16.4. The highest BCUT2D eigenvalue weighted by molar-refractivity contribution is 6.30. The minimum atomic E-state index is -0.666. The number of methoxy groups -OCH3 is 1. The lowest BCUT2D eigenvalue weighted by Gasteiger charge is -2.14. The van der Waals surface area contributed by atoms with Crippen LogP contribution in [0, 0.1) is 6.92 Å². The number of aromatic hydroxyl groups is 2. The average molecular weight is 504 g/mol. The monoisotopic (exact) mass is 503 g/mol. The number of halogens is 1. The molecule has 5 rings (SSSR count). The molecule has 0 saturated heterocycles. The van der Waals surface area contributed by atoms with E-state index in [-0.39, 0.29) is 23.8 Å². The van der Waals surface area contributed by atoms with Gasteiger partial charge in [-0.25, -0.2) is 0 Å². The molecular formula is C26H22ClN5O4. The maximum Gasteiger partial charge on any atom is 0.227 e. The summed E-state index contributed by atoms with van der Waals surface area (Å²) in [5.74, 6) is 0.881. The third kappa shape index (κ3) is 4.36. The number of fused-ring (bicyclic) bond motifs is 3. The van der Waals surface area contributed by atoms with Crippen LogP contribution in [-0.2, 0) is 4.79 Å². The molecule has 3 N–H and O–H groups in total. The van der Waals surface area contributed by atoms with Gasteiger partial charge in [0.05, 0.1) is 24.9 Å². The molecule has 0 saturated carbocycles. The van der Waals surface area contributed by atoms with E-state index in [9.17, 15) is 15.0 Å². The molecule has 1 atom stereocenters. The Balaban J connectivity index is 1.60.